The zero-order valence-electron chi connectivity index (χ0n) is 13.4. The van der Waals surface area contributed by atoms with E-state index in [1.54, 1.807) is 0 Å². The van der Waals surface area contributed by atoms with Crippen LogP contribution in [0, 0.1) is 0 Å². The van der Waals surface area contributed by atoms with Gasteiger partial charge < -0.3 is 20.5 Å². The highest BCUT2D eigenvalue weighted by atomic mass is 16.5. The summed E-state index contributed by atoms with van der Waals surface area (Å²) in [6.07, 6.45) is 3.75. The molecule has 122 valence electrons. The van der Waals surface area contributed by atoms with E-state index in [4.69, 9.17) is 4.74 Å². The highest BCUT2D eigenvalue weighted by Crippen LogP contribution is 2.28. The number of carbonyl (C=O) groups excluding carboxylic acids is 1. The Labute approximate surface area is 132 Å². The van der Waals surface area contributed by atoms with Crippen molar-refractivity contribution >= 4 is 6.03 Å². The maximum atomic E-state index is 11.8. The summed E-state index contributed by atoms with van der Waals surface area (Å²) >= 11 is 0. The van der Waals surface area contributed by atoms with Crippen LogP contribution in [0.3, 0.4) is 0 Å². The third kappa shape index (κ3) is 5.22. The molecular formula is C17H26N2O3. The predicted molar refractivity (Wildman–Crippen MR) is 85.9 cm³/mol. The lowest BCUT2D eigenvalue weighted by Gasteiger charge is -2.22. The molecule has 1 fully saturated rings. The van der Waals surface area contributed by atoms with Crippen LogP contribution in [0.4, 0.5) is 4.79 Å². The largest absolute Gasteiger partial charge is 0.491 e. The van der Waals surface area contributed by atoms with Crippen molar-refractivity contribution in [1.29, 1.82) is 0 Å². The Morgan fingerprint density at radius 3 is 2.45 bits per heavy atom. The summed E-state index contributed by atoms with van der Waals surface area (Å²) in [5.74, 6) is 0.826. The minimum atomic E-state index is -0.715. The second-order valence-corrected chi connectivity index (χ2v) is 6.28. The number of amides is 2. The molecule has 1 saturated carbocycles. The van der Waals surface area contributed by atoms with Gasteiger partial charge in [-0.25, -0.2) is 4.79 Å². The standard InChI is InChI=1S/C17H26N2O3/c1-13(2)22-15-7-5-14(6-8-15)11-18-16(20)19-12-17(21)9-3-4-10-17/h5-8,13,21H,3-4,9-12H2,1-2H3,(H2,18,19,20). The molecule has 3 N–H and O–H groups in total. The number of carbonyl (C=O) groups is 1. The molecule has 0 atom stereocenters. The Balaban J connectivity index is 1.71. The Morgan fingerprint density at radius 1 is 1.23 bits per heavy atom. The van der Waals surface area contributed by atoms with Crippen molar-refractivity contribution in [2.45, 2.75) is 57.8 Å². The van der Waals surface area contributed by atoms with Crippen LogP contribution in [0.1, 0.15) is 45.1 Å². The molecule has 0 bridgehead atoms. The lowest BCUT2D eigenvalue weighted by molar-refractivity contribution is 0.0501. The van der Waals surface area contributed by atoms with Crippen LogP contribution in [0.5, 0.6) is 5.75 Å². The van der Waals surface area contributed by atoms with Crippen LogP contribution in [-0.2, 0) is 6.54 Å². The number of hydrogen-bond acceptors (Lipinski definition) is 3. The first kappa shape index (κ1) is 16.6. The zero-order chi connectivity index (χ0) is 16.0. The first-order chi connectivity index (χ1) is 10.5. The van der Waals surface area contributed by atoms with Gasteiger partial charge in [0.05, 0.1) is 11.7 Å². The van der Waals surface area contributed by atoms with Crippen molar-refractivity contribution in [3.63, 3.8) is 0 Å². The van der Waals surface area contributed by atoms with Crippen LogP contribution in [-0.4, -0.2) is 29.4 Å². The van der Waals surface area contributed by atoms with Crippen molar-refractivity contribution in [2.75, 3.05) is 6.54 Å². The van der Waals surface area contributed by atoms with E-state index in [9.17, 15) is 9.90 Å². The van der Waals surface area contributed by atoms with E-state index in [0.29, 0.717) is 13.1 Å². The van der Waals surface area contributed by atoms with Gasteiger partial charge in [0.2, 0.25) is 0 Å². The fraction of sp³-hybridized carbons (Fsp3) is 0.588. The summed E-state index contributed by atoms with van der Waals surface area (Å²) in [5, 5.41) is 15.7. The van der Waals surface area contributed by atoms with E-state index in [1.807, 2.05) is 38.1 Å². The molecule has 1 aliphatic carbocycles. The third-order valence-electron chi connectivity index (χ3n) is 3.86. The molecule has 5 nitrogen and oxygen atoms in total. The summed E-state index contributed by atoms with van der Waals surface area (Å²) in [6.45, 7) is 4.74. The zero-order valence-corrected chi connectivity index (χ0v) is 13.4. The van der Waals surface area contributed by atoms with E-state index in [0.717, 1.165) is 37.0 Å². The predicted octanol–water partition coefficient (Wildman–Crippen LogP) is 2.58. The van der Waals surface area contributed by atoms with Gasteiger partial charge in [-0.2, -0.15) is 0 Å². The van der Waals surface area contributed by atoms with Gasteiger partial charge in [-0.05, 0) is 44.4 Å². The lowest BCUT2D eigenvalue weighted by atomic mass is 10.0. The van der Waals surface area contributed by atoms with Crippen molar-refractivity contribution in [2.24, 2.45) is 0 Å². The van der Waals surface area contributed by atoms with Gasteiger partial charge in [0.15, 0.2) is 0 Å². The molecule has 0 spiro atoms. The second-order valence-electron chi connectivity index (χ2n) is 6.28. The molecule has 0 aromatic heterocycles. The quantitative estimate of drug-likeness (QED) is 0.756. The molecule has 22 heavy (non-hydrogen) atoms. The fourth-order valence-corrected chi connectivity index (χ4v) is 2.66. The topological polar surface area (TPSA) is 70.6 Å². The smallest absolute Gasteiger partial charge is 0.315 e. The first-order valence-corrected chi connectivity index (χ1v) is 7.96. The van der Waals surface area contributed by atoms with Crippen LogP contribution in [0.15, 0.2) is 24.3 Å². The molecule has 0 radical (unpaired) electrons. The van der Waals surface area contributed by atoms with Crippen molar-refractivity contribution in [1.82, 2.24) is 10.6 Å². The van der Waals surface area contributed by atoms with Crippen LogP contribution in [0.2, 0.25) is 0 Å². The van der Waals surface area contributed by atoms with E-state index in [1.165, 1.54) is 0 Å². The number of ether oxygens (including phenoxy) is 1. The average Bonchev–Trinajstić information content (AvgIpc) is 2.91. The van der Waals surface area contributed by atoms with E-state index < -0.39 is 5.60 Å². The van der Waals surface area contributed by atoms with E-state index in [2.05, 4.69) is 10.6 Å². The van der Waals surface area contributed by atoms with Gasteiger partial charge in [-0.1, -0.05) is 25.0 Å². The number of nitrogens with one attached hydrogen (secondary N) is 2. The van der Waals surface area contributed by atoms with Gasteiger partial charge in [0.25, 0.3) is 0 Å². The van der Waals surface area contributed by atoms with Crippen molar-refractivity contribution in [3.05, 3.63) is 29.8 Å². The van der Waals surface area contributed by atoms with Gasteiger partial charge in [0, 0.05) is 13.1 Å². The number of benzene rings is 1. The minimum Gasteiger partial charge on any atom is -0.491 e. The van der Waals surface area contributed by atoms with E-state index in [-0.39, 0.29) is 12.1 Å². The van der Waals surface area contributed by atoms with Crippen molar-refractivity contribution < 1.29 is 14.6 Å². The fourth-order valence-electron chi connectivity index (χ4n) is 2.66. The Bertz CT molecular complexity index is 479. The maximum Gasteiger partial charge on any atom is 0.315 e. The third-order valence-corrected chi connectivity index (χ3v) is 3.86. The van der Waals surface area contributed by atoms with Gasteiger partial charge in [0.1, 0.15) is 5.75 Å². The molecule has 0 saturated heterocycles. The SMILES string of the molecule is CC(C)Oc1ccc(CNC(=O)NCC2(O)CCCC2)cc1. The summed E-state index contributed by atoms with van der Waals surface area (Å²) in [4.78, 5) is 11.8. The van der Waals surface area contributed by atoms with Crippen molar-refractivity contribution in [3.8, 4) is 5.75 Å². The normalized spacial score (nSPS) is 16.5. The van der Waals surface area contributed by atoms with Gasteiger partial charge in [-0.3, -0.25) is 0 Å². The molecular weight excluding hydrogens is 280 g/mol. The lowest BCUT2D eigenvalue weighted by Crippen LogP contribution is -2.44. The number of rotatable bonds is 6. The monoisotopic (exact) mass is 306 g/mol. The van der Waals surface area contributed by atoms with Gasteiger partial charge in [-0.15, -0.1) is 0 Å². The van der Waals surface area contributed by atoms with Gasteiger partial charge >= 0.3 is 6.03 Å². The molecule has 1 aromatic rings. The maximum absolute atomic E-state index is 11.8. The van der Waals surface area contributed by atoms with Crippen LogP contribution < -0.4 is 15.4 Å². The number of aliphatic hydroxyl groups is 1. The summed E-state index contributed by atoms with van der Waals surface area (Å²) in [7, 11) is 0. The average molecular weight is 306 g/mol. The Kier molecular flexibility index (Phi) is 5.66. The number of hydrogen-bond donors (Lipinski definition) is 3. The van der Waals surface area contributed by atoms with Crippen LogP contribution in [0.25, 0.3) is 0 Å². The summed E-state index contributed by atoms with van der Waals surface area (Å²) in [5.41, 5.74) is 0.290. The Hall–Kier alpha value is -1.75. The molecule has 1 aromatic carbocycles. The van der Waals surface area contributed by atoms with E-state index >= 15 is 0 Å². The highest BCUT2D eigenvalue weighted by molar-refractivity contribution is 5.73. The summed E-state index contributed by atoms with van der Waals surface area (Å²) < 4.78 is 5.57. The molecule has 0 aliphatic heterocycles. The molecule has 0 unspecified atom stereocenters. The second kappa shape index (κ2) is 7.49. The Morgan fingerprint density at radius 2 is 1.86 bits per heavy atom. The summed E-state index contributed by atoms with van der Waals surface area (Å²) in [6, 6.07) is 7.42. The highest BCUT2D eigenvalue weighted by Gasteiger charge is 2.31. The number of urea groups is 1. The molecule has 1 aliphatic rings. The first-order valence-electron chi connectivity index (χ1n) is 7.96. The molecule has 2 amide bonds. The molecule has 2 rings (SSSR count). The molecule has 5 heteroatoms. The van der Waals surface area contributed by atoms with Crippen LogP contribution >= 0.6 is 0 Å². The minimum absolute atomic E-state index is 0.149. The molecule has 0 heterocycles.